The van der Waals surface area contributed by atoms with E-state index in [4.69, 9.17) is 0 Å². The van der Waals surface area contributed by atoms with Gasteiger partial charge in [-0.25, -0.2) is 0 Å². The minimum absolute atomic E-state index is 0.829. The molecule has 1 heteroatoms. The Morgan fingerprint density at radius 3 is 2.89 bits per heavy atom. The van der Waals surface area contributed by atoms with Crippen molar-refractivity contribution in [3.8, 4) is 0 Å². The van der Waals surface area contributed by atoms with Crippen LogP contribution in [0.25, 0.3) is 0 Å². The first-order valence-electron chi connectivity index (χ1n) is 4.08. The van der Waals surface area contributed by atoms with E-state index >= 15 is 0 Å². The predicted molar refractivity (Wildman–Crippen MR) is 40.5 cm³/mol. The molecule has 0 aromatic heterocycles. The van der Waals surface area contributed by atoms with Gasteiger partial charge in [0.1, 0.15) is 0 Å². The molecule has 1 rings (SSSR count). The van der Waals surface area contributed by atoms with Crippen LogP contribution in [0, 0.1) is 5.92 Å². The SMILES string of the molecule is CC[C@@H](C)[C@@H]1CCCN1. The van der Waals surface area contributed by atoms with Crippen molar-refractivity contribution in [1.82, 2.24) is 5.32 Å². The second kappa shape index (κ2) is 3.21. The van der Waals surface area contributed by atoms with Crippen LogP contribution in [0.2, 0.25) is 0 Å². The molecule has 9 heavy (non-hydrogen) atoms. The number of hydrogen-bond donors (Lipinski definition) is 1. The van der Waals surface area contributed by atoms with Gasteiger partial charge >= 0.3 is 0 Å². The maximum absolute atomic E-state index is 3.51. The highest BCUT2D eigenvalue weighted by Gasteiger charge is 2.18. The van der Waals surface area contributed by atoms with Crippen LogP contribution in [0.5, 0.6) is 0 Å². The predicted octanol–water partition coefficient (Wildman–Crippen LogP) is 1.78. The molecule has 0 saturated carbocycles. The number of rotatable bonds is 2. The maximum atomic E-state index is 3.51. The third kappa shape index (κ3) is 1.68. The van der Waals surface area contributed by atoms with Crippen LogP contribution >= 0.6 is 0 Å². The van der Waals surface area contributed by atoms with E-state index in [1.165, 1.54) is 25.8 Å². The fraction of sp³-hybridized carbons (Fsp3) is 1.00. The largest absolute Gasteiger partial charge is 0.314 e. The van der Waals surface area contributed by atoms with Crippen LogP contribution in [-0.2, 0) is 0 Å². The second-order valence-corrected chi connectivity index (χ2v) is 3.09. The molecule has 2 atom stereocenters. The van der Waals surface area contributed by atoms with Gasteiger partial charge in [0.05, 0.1) is 0 Å². The average molecular weight is 127 g/mol. The fourth-order valence-electron chi connectivity index (χ4n) is 1.48. The van der Waals surface area contributed by atoms with E-state index < -0.39 is 0 Å². The molecule has 0 unspecified atom stereocenters. The van der Waals surface area contributed by atoms with Crippen LogP contribution in [-0.4, -0.2) is 12.6 Å². The van der Waals surface area contributed by atoms with Crippen molar-refractivity contribution in [2.75, 3.05) is 6.54 Å². The lowest BCUT2D eigenvalue weighted by Crippen LogP contribution is -2.27. The molecule has 0 aliphatic carbocycles. The minimum atomic E-state index is 0.829. The Bertz CT molecular complexity index is 74.6. The Hall–Kier alpha value is -0.0400. The lowest BCUT2D eigenvalue weighted by Gasteiger charge is -2.16. The van der Waals surface area contributed by atoms with Gasteiger partial charge in [0, 0.05) is 6.04 Å². The van der Waals surface area contributed by atoms with Crippen molar-refractivity contribution < 1.29 is 0 Å². The summed E-state index contributed by atoms with van der Waals surface area (Å²) in [6.07, 6.45) is 4.10. The zero-order valence-corrected chi connectivity index (χ0v) is 6.48. The van der Waals surface area contributed by atoms with Gasteiger partial charge in [-0.3, -0.25) is 0 Å². The van der Waals surface area contributed by atoms with Gasteiger partial charge < -0.3 is 5.32 Å². The van der Waals surface area contributed by atoms with Crippen LogP contribution < -0.4 is 5.32 Å². The molecule has 0 bridgehead atoms. The quantitative estimate of drug-likeness (QED) is 0.596. The summed E-state index contributed by atoms with van der Waals surface area (Å²) in [5.41, 5.74) is 0. The van der Waals surface area contributed by atoms with E-state index in [1.54, 1.807) is 0 Å². The van der Waals surface area contributed by atoms with Crippen LogP contribution in [0.4, 0.5) is 0 Å². The molecule has 1 aliphatic heterocycles. The minimum Gasteiger partial charge on any atom is -0.314 e. The molecule has 0 aromatic carbocycles. The molecule has 0 spiro atoms. The number of hydrogen-bond acceptors (Lipinski definition) is 1. The Morgan fingerprint density at radius 2 is 2.44 bits per heavy atom. The first kappa shape index (κ1) is 7.07. The average Bonchev–Trinajstić information content (AvgIpc) is 2.37. The van der Waals surface area contributed by atoms with Gasteiger partial charge in [0.25, 0.3) is 0 Å². The summed E-state index contributed by atoms with van der Waals surface area (Å²) in [6.45, 7) is 5.85. The van der Waals surface area contributed by atoms with E-state index in [9.17, 15) is 0 Å². The van der Waals surface area contributed by atoms with E-state index in [2.05, 4.69) is 19.2 Å². The molecule has 0 radical (unpaired) electrons. The summed E-state index contributed by atoms with van der Waals surface area (Å²) < 4.78 is 0. The Labute approximate surface area is 57.8 Å². The molecule has 1 N–H and O–H groups in total. The Kier molecular flexibility index (Phi) is 2.52. The van der Waals surface area contributed by atoms with Gasteiger partial charge in [0.15, 0.2) is 0 Å². The molecule has 0 amide bonds. The van der Waals surface area contributed by atoms with E-state index in [0.29, 0.717) is 0 Å². The Balaban J connectivity index is 2.24. The molecule has 1 heterocycles. The van der Waals surface area contributed by atoms with Crippen LogP contribution in [0.3, 0.4) is 0 Å². The molecule has 0 aromatic rings. The van der Waals surface area contributed by atoms with Crippen LogP contribution in [0.1, 0.15) is 33.1 Å². The van der Waals surface area contributed by atoms with Gasteiger partial charge in [-0.2, -0.15) is 0 Å². The highest BCUT2D eigenvalue weighted by Crippen LogP contribution is 2.16. The van der Waals surface area contributed by atoms with Gasteiger partial charge in [-0.15, -0.1) is 0 Å². The summed E-state index contributed by atoms with van der Waals surface area (Å²) >= 11 is 0. The van der Waals surface area contributed by atoms with Crippen LogP contribution in [0.15, 0.2) is 0 Å². The summed E-state index contributed by atoms with van der Waals surface area (Å²) in [4.78, 5) is 0. The summed E-state index contributed by atoms with van der Waals surface area (Å²) in [5, 5.41) is 3.51. The molecular formula is C8H17N. The van der Waals surface area contributed by atoms with E-state index in [0.717, 1.165) is 12.0 Å². The first-order valence-corrected chi connectivity index (χ1v) is 4.08. The van der Waals surface area contributed by atoms with Crippen molar-refractivity contribution >= 4 is 0 Å². The smallest absolute Gasteiger partial charge is 0.00930 e. The topological polar surface area (TPSA) is 12.0 Å². The third-order valence-electron chi connectivity index (χ3n) is 2.43. The molecule has 1 saturated heterocycles. The van der Waals surface area contributed by atoms with Crippen molar-refractivity contribution in [3.05, 3.63) is 0 Å². The van der Waals surface area contributed by atoms with E-state index in [-0.39, 0.29) is 0 Å². The highest BCUT2D eigenvalue weighted by atomic mass is 14.9. The maximum Gasteiger partial charge on any atom is 0.00930 e. The summed E-state index contributed by atoms with van der Waals surface area (Å²) in [5.74, 6) is 0.882. The third-order valence-corrected chi connectivity index (χ3v) is 2.43. The first-order chi connectivity index (χ1) is 4.34. The molecule has 1 nitrogen and oxygen atoms in total. The molecular weight excluding hydrogens is 110 g/mol. The Morgan fingerprint density at radius 1 is 1.67 bits per heavy atom. The van der Waals surface area contributed by atoms with Gasteiger partial charge in [0.2, 0.25) is 0 Å². The van der Waals surface area contributed by atoms with Gasteiger partial charge in [-0.1, -0.05) is 20.3 Å². The normalized spacial score (nSPS) is 30.7. The molecule has 1 fully saturated rings. The zero-order valence-electron chi connectivity index (χ0n) is 6.48. The van der Waals surface area contributed by atoms with Crippen molar-refractivity contribution in [2.24, 2.45) is 5.92 Å². The highest BCUT2D eigenvalue weighted by molar-refractivity contribution is 4.77. The van der Waals surface area contributed by atoms with Crippen molar-refractivity contribution in [3.63, 3.8) is 0 Å². The van der Waals surface area contributed by atoms with Crippen molar-refractivity contribution in [1.29, 1.82) is 0 Å². The lowest BCUT2D eigenvalue weighted by atomic mass is 9.98. The standard InChI is InChI=1S/C8H17N/c1-3-7(2)8-5-4-6-9-8/h7-9H,3-6H2,1-2H3/t7-,8+/m1/s1. The number of nitrogens with one attached hydrogen (secondary N) is 1. The van der Waals surface area contributed by atoms with Crippen molar-refractivity contribution in [2.45, 2.75) is 39.2 Å². The monoisotopic (exact) mass is 127 g/mol. The summed E-state index contributed by atoms with van der Waals surface area (Å²) in [7, 11) is 0. The summed E-state index contributed by atoms with van der Waals surface area (Å²) in [6, 6.07) is 0.829. The van der Waals surface area contributed by atoms with Gasteiger partial charge in [-0.05, 0) is 25.3 Å². The van der Waals surface area contributed by atoms with E-state index in [1.807, 2.05) is 0 Å². The second-order valence-electron chi connectivity index (χ2n) is 3.09. The molecule has 1 aliphatic rings. The lowest BCUT2D eigenvalue weighted by molar-refractivity contribution is 0.409. The zero-order chi connectivity index (χ0) is 6.69. The fourth-order valence-corrected chi connectivity index (χ4v) is 1.48. The molecule has 54 valence electrons.